The number of sulfonamides is 1. The maximum Gasteiger partial charge on any atom is 0.296 e. The zero-order chi connectivity index (χ0) is 25.8. The molecule has 2 aromatic heterocycles. The number of aromatic amines is 1. The van der Waals surface area contributed by atoms with Crippen LogP contribution in [0.5, 0.6) is 11.5 Å². The first-order chi connectivity index (χ1) is 18.0. The monoisotopic (exact) mass is 524 g/mol. The van der Waals surface area contributed by atoms with Crippen molar-refractivity contribution in [2.45, 2.75) is 43.4 Å². The third kappa shape index (κ3) is 5.35. The van der Waals surface area contributed by atoms with Gasteiger partial charge in [0.2, 0.25) is 15.7 Å². The molecule has 1 aliphatic rings. The van der Waals surface area contributed by atoms with Crippen LogP contribution in [0.2, 0.25) is 0 Å². The highest BCUT2D eigenvalue weighted by atomic mass is 32.2. The molecule has 0 bridgehead atoms. The molecular formula is C25H28N6O5S. The maximum atomic E-state index is 13.0. The predicted molar refractivity (Wildman–Crippen MR) is 136 cm³/mol. The molecule has 2 aromatic carbocycles. The summed E-state index contributed by atoms with van der Waals surface area (Å²) in [4.78, 5) is 15.6. The number of ether oxygens (including phenoxy) is 2. The van der Waals surface area contributed by atoms with Gasteiger partial charge in [-0.1, -0.05) is 31.0 Å². The second-order valence-corrected chi connectivity index (χ2v) is 10.5. The molecule has 1 aliphatic carbocycles. The first kappa shape index (κ1) is 24.9. The highest BCUT2D eigenvalue weighted by molar-refractivity contribution is 7.89. The Morgan fingerprint density at radius 3 is 2.62 bits per heavy atom. The van der Waals surface area contributed by atoms with Gasteiger partial charge in [-0.05, 0) is 50.1 Å². The van der Waals surface area contributed by atoms with Gasteiger partial charge in [-0.2, -0.15) is 4.52 Å². The molecule has 0 radical (unpaired) electrons. The van der Waals surface area contributed by atoms with Gasteiger partial charge >= 0.3 is 0 Å². The minimum atomic E-state index is -3.88. The number of para-hydroxylation sites is 1. The fraction of sp³-hybridized carbons (Fsp3) is 0.360. The van der Waals surface area contributed by atoms with Crippen molar-refractivity contribution in [3.05, 3.63) is 64.7 Å². The van der Waals surface area contributed by atoms with E-state index in [9.17, 15) is 13.2 Å². The van der Waals surface area contributed by atoms with Gasteiger partial charge in [-0.15, -0.1) is 15.3 Å². The van der Waals surface area contributed by atoms with Crippen LogP contribution in [-0.4, -0.2) is 53.0 Å². The van der Waals surface area contributed by atoms with E-state index in [4.69, 9.17) is 9.47 Å². The van der Waals surface area contributed by atoms with E-state index in [-0.39, 0.29) is 35.4 Å². The molecule has 0 aliphatic heterocycles. The molecule has 2 heterocycles. The Morgan fingerprint density at radius 1 is 1.08 bits per heavy atom. The van der Waals surface area contributed by atoms with Gasteiger partial charge in [0.1, 0.15) is 18.1 Å². The molecule has 12 heteroatoms. The number of fused-ring (bicyclic) bond motifs is 1. The van der Waals surface area contributed by atoms with Crippen LogP contribution < -0.4 is 19.8 Å². The number of hydrogen-bond donors (Lipinski definition) is 2. The lowest BCUT2D eigenvalue weighted by Crippen LogP contribution is -2.28. The molecule has 4 aromatic rings. The standard InChI is InChI=1S/C25H28N6O5S/c1-2-35-21-13-12-19(37(33,34)26-14-15-36-18-10-4-3-5-11-18)16-20(21)22-27-25(32)24-29-28-23(31(24)30-22)17-8-6-7-9-17/h3-5,10-13,16-17,26H,2,6-9,14-15H2,1H3,(H,27,30,32). The number of benzene rings is 2. The number of rotatable bonds is 10. The molecule has 194 valence electrons. The van der Waals surface area contributed by atoms with Crippen molar-refractivity contribution >= 4 is 15.7 Å². The van der Waals surface area contributed by atoms with E-state index in [0.717, 1.165) is 25.7 Å². The van der Waals surface area contributed by atoms with Gasteiger partial charge in [0.15, 0.2) is 11.6 Å². The Kier molecular flexibility index (Phi) is 7.19. The van der Waals surface area contributed by atoms with Gasteiger partial charge < -0.3 is 14.5 Å². The van der Waals surface area contributed by atoms with Crippen LogP contribution in [0.1, 0.15) is 44.3 Å². The highest BCUT2D eigenvalue weighted by Crippen LogP contribution is 2.33. The van der Waals surface area contributed by atoms with Crippen molar-refractivity contribution in [2.75, 3.05) is 19.8 Å². The molecule has 5 rings (SSSR count). The number of nitrogens with zero attached hydrogens (tertiary/aromatic N) is 4. The number of aromatic nitrogens is 5. The van der Waals surface area contributed by atoms with E-state index < -0.39 is 15.6 Å². The maximum absolute atomic E-state index is 13.0. The van der Waals surface area contributed by atoms with Gasteiger partial charge in [-0.3, -0.25) is 4.79 Å². The van der Waals surface area contributed by atoms with Gasteiger partial charge in [0.05, 0.1) is 17.1 Å². The Bertz CT molecular complexity index is 1550. The molecule has 1 saturated carbocycles. The molecule has 11 nitrogen and oxygen atoms in total. The SMILES string of the molecule is CCOc1ccc(S(=O)(=O)NCCOc2ccccc2)cc1-c1nn2c(C3CCCC3)nnc2c(=O)[nH]1. The minimum Gasteiger partial charge on any atom is -0.493 e. The summed E-state index contributed by atoms with van der Waals surface area (Å²) in [6, 6.07) is 13.6. The quantitative estimate of drug-likeness (QED) is 0.302. The lowest BCUT2D eigenvalue weighted by atomic mass is 10.1. The number of nitrogens with one attached hydrogen (secondary N) is 2. The number of H-pyrrole nitrogens is 1. The van der Waals surface area contributed by atoms with Crippen molar-refractivity contribution in [1.82, 2.24) is 29.5 Å². The number of hydrogen-bond acceptors (Lipinski definition) is 8. The third-order valence-corrected chi connectivity index (χ3v) is 7.70. The summed E-state index contributed by atoms with van der Waals surface area (Å²) in [5, 5.41) is 12.9. The molecule has 0 saturated heterocycles. The van der Waals surface area contributed by atoms with Crippen LogP contribution in [0.25, 0.3) is 17.0 Å². The zero-order valence-electron chi connectivity index (χ0n) is 20.4. The fourth-order valence-electron chi connectivity index (χ4n) is 4.47. The van der Waals surface area contributed by atoms with Crippen LogP contribution >= 0.6 is 0 Å². The van der Waals surface area contributed by atoms with Crippen LogP contribution in [-0.2, 0) is 10.0 Å². The molecular weight excluding hydrogens is 496 g/mol. The lowest BCUT2D eigenvalue weighted by molar-refractivity contribution is 0.323. The minimum absolute atomic E-state index is 0.00758. The van der Waals surface area contributed by atoms with E-state index in [1.165, 1.54) is 16.6 Å². The fourth-order valence-corrected chi connectivity index (χ4v) is 5.51. The van der Waals surface area contributed by atoms with Crippen molar-refractivity contribution in [2.24, 2.45) is 0 Å². The molecule has 0 spiro atoms. The van der Waals surface area contributed by atoms with E-state index in [2.05, 4.69) is 25.0 Å². The van der Waals surface area contributed by atoms with E-state index in [0.29, 0.717) is 29.5 Å². The summed E-state index contributed by atoms with van der Waals surface area (Å²) in [7, 11) is -3.88. The average Bonchev–Trinajstić information content (AvgIpc) is 3.58. The molecule has 0 unspecified atom stereocenters. The Balaban J connectivity index is 1.45. The van der Waals surface area contributed by atoms with Gasteiger partial charge in [0, 0.05) is 12.5 Å². The zero-order valence-corrected chi connectivity index (χ0v) is 21.2. The van der Waals surface area contributed by atoms with Crippen molar-refractivity contribution in [3.8, 4) is 22.9 Å². The smallest absolute Gasteiger partial charge is 0.296 e. The first-order valence-electron chi connectivity index (χ1n) is 12.3. The summed E-state index contributed by atoms with van der Waals surface area (Å²) < 4.78 is 41.4. The Labute approximate surface area is 213 Å². The summed E-state index contributed by atoms with van der Waals surface area (Å²) in [5.74, 6) is 2.04. The first-order valence-corrected chi connectivity index (χ1v) is 13.7. The van der Waals surface area contributed by atoms with Crippen LogP contribution in [0.4, 0.5) is 0 Å². The largest absolute Gasteiger partial charge is 0.493 e. The summed E-state index contributed by atoms with van der Waals surface area (Å²) >= 11 is 0. The highest BCUT2D eigenvalue weighted by Gasteiger charge is 2.25. The molecule has 1 fully saturated rings. The summed E-state index contributed by atoms with van der Waals surface area (Å²) in [6.45, 7) is 2.41. The molecule has 2 N–H and O–H groups in total. The summed E-state index contributed by atoms with van der Waals surface area (Å²) in [5.41, 5.74) is -0.0172. The molecule has 0 amide bonds. The Morgan fingerprint density at radius 2 is 1.86 bits per heavy atom. The van der Waals surface area contributed by atoms with E-state index in [1.807, 2.05) is 25.1 Å². The normalized spacial score (nSPS) is 14.3. The van der Waals surface area contributed by atoms with Crippen molar-refractivity contribution in [1.29, 1.82) is 0 Å². The third-order valence-electron chi connectivity index (χ3n) is 6.24. The topological polar surface area (TPSA) is 141 Å². The Hall–Kier alpha value is -3.77. The van der Waals surface area contributed by atoms with Crippen LogP contribution in [0.3, 0.4) is 0 Å². The van der Waals surface area contributed by atoms with Crippen LogP contribution in [0.15, 0.2) is 58.2 Å². The lowest BCUT2D eigenvalue weighted by Gasteiger charge is -2.13. The predicted octanol–water partition coefficient (Wildman–Crippen LogP) is 2.89. The van der Waals surface area contributed by atoms with Crippen molar-refractivity contribution in [3.63, 3.8) is 0 Å². The van der Waals surface area contributed by atoms with Crippen molar-refractivity contribution < 1.29 is 17.9 Å². The van der Waals surface area contributed by atoms with E-state index in [1.54, 1.807) is 18.2 Å². The van der Waals surface area contributed by atoms with Gasteiger partial charge in [-0.25, -0.2) is 13.1 Å². The van der Waals surface area contributed by atoms with Gasteiger partial charge in [0.25, 0.3) is 5.56 Å². The summed E-state index contributed by atoms with van der Waals surface area (Å²) in [6.07, 6.45) is 4.10. The molecule has 0 atom stereocenters. The second kappa shape index (κ2) is 10.7. The van der Waals surface area contributed by atoms with Crippen LogP contribution in [0, 0.1) is 0 Å². The average molecular weight is 525 g/mol. The molecule has 37 heavy (non-hydrogen) atoms. The van der Waals surface area contributed by atoms with E-state index >= 15 is 0 Å². The second-order valence-electron chi connectivity index (χ2n) is 8.73.